The maximum atomic E-state index is 11.8. The van der Waals surface area contributed by atoms with Crippen molar-refractivity contribution in [1.82, 2.24) is 9.88 Å². The maximum absolute atomic E-state index is 11.8. The van der Waals surface area contributed by atoms with Gasteiger partial charge in [-0.25, -0.2) is 4.79 Å². The first-order chi connectivity index (χ1) is 10.6. The number of thioether (sulfide) groups is 1. The van der Waals surface area contributed by atoms with Crippen molar-refractivity contribution in [1.29, 1.82) is 0 Å². The molecule has 120 valence electrons. The Hall–Kier alpha value is -1.82. The van der Waals surface area contributed by atoms with Crippen molar-refractivity contribution in [3.63, 3.8) is 0 Å². The van der Waals surface area contributed by atoms with E-state index in [-0.39, 0.29) is 17.8 Å². The number of pyridine rings is 1. The molecule has 0 aromatic carbocycles. The molecule has 0 bridgehead atoms. The maximum Gasteiger partial charge on any atom is 0.409 e. The number of hydrogen-bond acceptors (Lipinski definition) is 5. The van der Waals surface area contributed by atoms with Crippen molar-refractivity contribution < 1.29 is 14.3 Å². The first-order valence-corrected chi connectivity index (χ1v) is 8.16. The van der Waals surface area contributed by atoms with Gasteiger partial charge in [-0.1, -0.05) is 30.5 Å². The molecular formula is C16H22N2O3S. The molecule has 0 saturated heterocycles. The molecule has 0 saturated carbocycles. The van der Waals surface area contributed by atoms with Crippen LogP contribution >= 0.6 is 11.8 Å². The standard InChI is InChI=1S/C16H22N2O3S/c1-3-12-21-16(20)18(2)11-7-5-9-15(19)22-13-14-8-4-6-10-17-14/h3-4,6,8,10H,1,5,7,9,11-13H2,2H3. The molecule has 0 N–H and O–H groups in total. The lowest BCUT2D eigenvalue weighted by molar-refractivity contribution is -0.111. The molecule has 0 aliphatic heterocycles. The third-order valence-electron chi connectivity index (χ3n) is 2.87. The quantitative estimate of drug-likeness (QED) is 0.516. The fourth-order valence-electron chi connectivity index (χ4n) is 1.66. The van der Waals surface area contributed by atoms with Crippen LogP contribution in [0.3, 0.4) is 0 Å². The van der Waals surface area contributed by atoms with Crippen LogP contribution in [0.4, 0.5) is 4.79 Å². The Bertz CT molecular complexity index is 480. The molecule has 0 radical (unpaired) electrons. The monoisotopic (exact) mass is 322 g/mol. The molecule has 1 rings (SSSR count). The fraction of sp³-hybridized carbons (Fsp3) is 0.438. The van der Waals surface area contributed by atoms with Crippen LogP contribution in [0.2, 0.25) is 0 Å². The molecule has 0 unspecified atom stereocenters. The van der Waals surface area contributed by atoms with Crippen LogP contribution < -0.4 is 0 Å². The van der Waals surface area contributed by atoms with Crippen LogP contribution in [0.15, 0.2) is 37.1 Å². The van der Waals surface area contributed by atoms with Gasteiger partial charge in [-0.05, 0) is 25.0 Å². The lowest BCUT2D eigenvalue weighted by Gasteiger charge is -2.15. The van der Waals surface area contributed by atoms with Gasteiger partial charge in [0.25, 0.3) is 0 Å². The number of rotatable bonds is 9. The van der Waals surface area contributed by atoms with Crippen LogP contribution in [0.25, 0.3) is 0 Å². The molecule has 1 amide bonds. The number of ether oxygens (including phenoxy) is 1. The minimum absolute atomic E-state index is 0.155. The molecule has 0 fully saturated rings. The highest BCUT2D eigenvalue weighted by Gasteiger charge is 2.09. The van der Waals surface area contributed by atoms with Gasteiger partial charge in [0, 0.05) is 32.0 Å². The Kier molecular flexibility index (Phi) is 8.98. The van der Waals surface area contributed by atoms with Crippen LogP contribution in [-0.4, -0.2) is 41.3 Å². The molecule has 0 atom stereocenters. The smallest absolute Gasteiger partial charge is 0.409 e. The van der Waals surface area contributed by atoms with E-state index in [0.29, 0.717) is 18.7 Å². The first kappa shape index (κ1) is 18.2. The molecule has 5 nitrogen and oxygen atoms in total. The normalized spacial score (nSPS) is 10.0. The largest absolute Gasteiger partial charge is 0.445 e. The van der Waals surface area contributed by atoms with Crippen molar-refractivity contribution in [2.75, 3.05) is 20.2 Å². The van der Waals surface area contributed by atoms with Crippen molar-refractivity contribution >= 4 is 23.0 Å². The summed E-state index contributed by atoms with van der Waals surface area (Å²) in [6.45, 7) is 4.28. The predicted octanol–water partition coefficient (Wildman–Crippen LogP) is 3.27. The molecule has 0 aliphatic carbocycles. The van der Waals surface area contributed by atoms with E-state index in [1.54, 1.807) is 13.2 Å². The van der Waals surface area contributed by atoms with Crippen LogP contribution in [0.5, 0.6) is 0 Å². The summed E-state index contributed by atoms with van der Waals surface area (Å²) in [5.41, 5.74) is 0.908. The molecule has 1 heterocycles. The van der Waals surface area contributed by atoms with Crippen LogP contribution in [0.1, 0.15) is 25.0 Å². The van der Waals surface area contributed by atoms with E-state index in [1.165, 1.54) is 22.7 Å². The third-order valence-corrected chi connectivity index (χ3v) is 3.83. The number of nitrogens with zero attached hydrogens (tertiary/aromatic N) is 2. The van der Waals surface area contributed by atoms with Crippen LogP contribution in [-0.2, 0) is 15.3 Å². The average Bonchev–Trinajstić information content (AvgIpc) is 2.55. The van der Waals surface area contributed by atoms with E-state index < -0.39 is 0 Å². The fourth-order valence-corrected chi connectivity index (χ4v) is 2.43. The van der Waals surface area contributed by atoms with Gasteiger partial charge in [-0.15, -0.1) is 0 Å². The Labute approximate surface area is 135 Å². The number of hydrogen-bond donors (Lipinski definition) is 0. The lowest BCUT2D eigenvalue weighted by Crippen LogP contribution is -2.28. The average molecular weight is 322 g/mol. The molecule has 1 aromatic heterocycles. The minimum Gasteiger partial charge on any atom is -0.445 e. The predicted molar refractivity (Wildman–Crippen MR) is 88.6 cm³/mol. The summed E-state index contributed by atoms with van der Waals surface area (Å²) in [4.78, 5) is 28.9. The van der Waals surface area contributed by atoms with Gasteiger partial charge >= 0.3 is 6.09 Å². The molecule has 0 spiro atoms. The second-order valence-corrected chi connectivity index (χ2v) is 5.76. The summed E-state index contributed by atoms with van der Waals surface area (Å²) < 4.78 is 4.91. The van der Waals surface area contributed by atoms with Gasteiger partial charge in [0.05, 0.1) is 5.69 Å². The number of unbranched alkanes of at least 4 members (excludes halogenated alkanes) is 1. The Morgan fingerprint density at radius 2 is 2.23 bits per heavy atom. The SMILES string of the molecule is C=CCOC(=O)N(C)CCCCC(=O)SCc1ccccn1. The van der Waals surface area contributed by atoms with Gasteiger partial charge in [0.2, 0.25) is 0 Å². The van der Waals surface area contributed by atoms with Crippen molar-refractivity contribution in [3.8, 4) is 0 Å². The number of carbonyl (C=O) groups excluding carboxylic acids is 2. The first-order valence-electron chi connectivity index (χ1n) is 7.17. The van der Waals surface area contributed by atoms with Crippen molar-refractivity contribution in [2.24, 2.45) is 0 Å². The Morgan fingerprint density at radius 3 is 2.91 bits per heavy atom. The summed E-state index contributed by atoms with van der Waals surface area (Å²) in [5.74, 6) is 0.605. The number of aromatic nitrogens is 1. The van der Waals surface area contributed by atoms with E-state index >= 15 is 0 Å². The highest BCUT2D eigenvalue weighted by molar-refractivity contribution is 8.12. The summed E-state index contributed by atoms with van der Waals surface area (Å²) in [6.07, 6.45) is 4.93. The van der Waals surface area contributed by atoms with Crippen LogP contribution in [0, 0.1) is 0 Å². The molecule has 1 aromatic rings. The highest BCUT2D eigenvalue weighted by Crippen LogP contribution is 2.14. The van der Waals surface area contributed by atoms with Gasteiger partial charge < -0.3 is 9.64 Å². The van der Waals surface area contributed by atoms with E-state index in [9.17, 15) is 9.59 Å². The lowest BCUT2D eigenvalue weighted by atomic mass is 10.2. The molecule has 6 heteroatoms. The van der Waals surface area contributed by atoms with Gasteiger partial charge in [-0.3, -0.25) is 9.78 Å². The van der Waals surface area contributed by atoms with Gasteiger partial charge in [0.1, 0.15) is 6.61 Å². The molecule has 0 aliphatic rings. The Morgan fingerprint density at radius 1 is 1.41 bits per heavy atom. The minimum atomic E-state index is -0.365. The Balaban J connectivity index is 2.09. The second kappa shape index (κ2) is 10.8. The zero-order chi connectivity index (χ0) is 16.2. The summed E-state index contributed by atoms with van der Waals surface area (Å²) >= 11 is 1.29. The van der Waals surface area contributed by atoms with E-state index in [2.05, 4.69) is 11.6 Å². The molecular weight excluding hydrogens is 300 g/mol. The number of amides is 1. The van der Waals surface area contributed by atoms with Gasteiger partial charge in [-0.2, -0.15) is 0 Å². The third kappa shape index (κ3) is 7.83. The van der Waals surface area contributed by atoms with E-state index in [1.807, 2.05) is 18.2 Å². The zero-order valence-electron chi connectivity index (χ0n) is 12.9. The zero-order valence-corrected chi connectivity index (χ0v) is 13.7. The molecule has 22 heavy (non-hydrogen) atoms. The van der Waals surface area contributed by atoms with Crippen molar-refractivity contribution in [3.05, 3.63) is 42.7 Å². The number of carbonyl (C=O) groups is 2. The van der Waals surface area contributed by atoms with E-state index in [0.717, 1.165) is 18.5 Å². The highest BCUT2D eigenvalue weighted by atomic mass is 32.2. The van der Waals surface area contributed by atoms with Crippen molar-refractivity contribution in [2.45, 2.75) is 25.0 Å². The van der Waals surface area contributed by atoms with E-state index in [4.69, 9.17) is 4.74 Å². The second-order valence-electron chi connectivity index (χ2n) is 4.73. The van der Waals surface area contributed by atoms with Gasteiger partial charge in [0.15, 0.2) is 5.12 Å². The summed E-state index contributed by atoms with van der Waals surface area (Å²) in [6, 6.07) is 5.67. The topological polar surface area (TPSA) is 59.5 Å². The summed E-state index contributed by atoms with van der Waals surface area (Å²) in [7, 11) is 1.68. The summed E-state index contributed by atoms with van der Waals surface area (Å²) in [5, 5.41) is 0.155.